The van der Waals surface area contributed by atoms with E-state index in [-0.39, 0.29) is 5.75 Å². The first-order chi connectivity index (χ1) is 8.56. The van der Waals surface area contributed by atoms with Gasteiger partial charge in [-0.25, -0.2) is 0 Å². The van der Waals surface area contributed by atoms with E-state index in [4.69, 9.17) is 11.6 Å². The van der Waals surface area contributed by atoms with Crippen LogP contribution in [0.2, 0.25) is 5.02 Å². The van der Waals surface area contributed by atoms with Crippen LogP contribution in [0.1, 0.15) is 0 Å². The maximum absolute atomic E-state index is 9.34. The third-order valence-electron chi connectivity index (χ3n) is 2.62. The summed E-state index contributed by atoms with van der Waals surface area (Å²) >= 11 is 5.85. The largest absolute Gasteiger partial charge is 0.506 e. The molecule has 2 aromatic carbocycles. The maximum Gasteiger partial charge on any atom is 0.134 e. The Hall–Kier alpha value is -1.87. The number of rotatable bonds is 3. The van der Waals surface area contributed by atoms with Crippen molar-refractivity contribution in [2.75, 3.05) is 24.3 Å². The average Bonchev–Trinajstić information content (AvgIpc) is 2.34. The molecular formula is C14H15ClN2O. The van der Waals surface area contributed by atoms with Crippen LogP contribution in [-0.2, 0) is 0 Å². The molecule has 0 saturated heterocycles. The normalized spacial score (nSPS) is 10.2. The summed E-state index contributed by atoms with van der Waals surface area (Å²) in [6, 6.07) is 13.1. The van der Waals surface area contributed by atoms with Crippen molar-refractivity contribution in [3.63, 3.8) is 0 Å². The van der Waals surface area contributed by atoms with Gasteiger partial charge in [0.2, 0.25) is 0 Å². The molecule has 0 atom stereocenters. The minimum Gasteiger partial charge on any atom is -0.506 e. The van der Waals surface area contributed by atoms with Gasteiger partial charge in [-0.15, -0.1) is 0 Å². The third kappa shape index (κ3) is 2.87. The predicted molar refractivity (Wildman–Crippen MR) is 77.2 cm³/mol. The second-order valence-electron chi connectivity index (χ2n) is 4.23. The van der Waals surface area contributed by atoms with Gasteiger partial charge in [-0.1, -0.05) is 11.6 Å². The Morgan fingerprint density at radius 3 is 2.17 bits per heavy atom. The number of phenols is 1. The molecule has 2 aromatic rings. The number of hydrogen-bond donors (Lipinski definition) is 2. The lowest BCUT2D eigenvalue weighted by Crippen LogP contribution is -2.08. The minimum atomic E-state index is 0.0881. The van der Waals surface area contributed by atoms with Crippen LogP contribution in [0.5, 0.6) is 5.75 Å². The van der Waals surface area contributed by atoms with Crippen molar-refractivity contribution in [2.24, 2.45) is 0 Å². The third-order valence-corrected chi connectivity index (χ3v) is 2.92. The fraction of sp³-hybridized carbons (Fsp3) is 0.143. The second-order valence-corrected chi connectivity index (χ2v) is 4.64. The van der Waals surface area contributed by atoms with Gasteiger partial charge >= 0.3 is 0 Å². The van der Waals surface area contributed by atoms with E-state index in [0.29, 0.717) is 5.02 Å². The van der Waals surface area contributed by atoms with Gasteiger partial charge in [0.15, 0.2) is 0 Å². The summed E-state index contributed by atoms with van der Waals surface area (Å²) in [5, 5.41) is 12.9. The lowest BCUT2D eigenvalue weighted by Gasteiger charge is -2.13. The standard InChI is InChI=1S/C14H15ClN2O/c1-17(2)12-6-3-10(4-7-12)16-11-5-8-14(18)13(15)9-11/h3-9,16,18H,1-2H3. The zero-order valence-electron chi connectivity index (χ0n) is 10.3. The maximum atomic E-state index is 9.34. The van der Waals surface area contributed by atoms with E-state index in [9.17, 15) is 5.11 Å². The van der Waals surface area contributed by atoms with Crippen LogP contribution in [0.4, 0.5) is 17.1 Å². The molecule has 0 saturated carbocycles. The summed E-state index contributed by atoms with van der Waals surface area (Å²) in [5.41, 5.74) is 2.96. The molecule has 18 heavy (non-hydrogen) atoms. The van der Waals surface area contributed by atoms with Gasteiger partial charge in [0.1, 0.15) is 5.75 Å². The summed E-state index contributed by atoms with van der Waals surface area (Å²) in [7, 11) is 4.00. The number of nitrogens with one attached hydrogen (secondary N) is 1. The van der Waals surface area contributed by atoms with Crippen molar-refractivity contribution < 1.29 is 5.11 Å². The van der Waals surface area contributed by atoms with Gasteiger partial charge in [-0.3, -0.25) is 0 Å². The Labute approximate surface area is 112 Å². The Kier molecular flexibility index (Phi) is 3.63. The molecule has 0 fully saturated rings. The van der Waals surface area contributed by atoms with Crippen LogP contribution in [0, 0.1) is 0 Å². The first-order valence-corrected chi connectivity index (χ1v) is 5.97. The summed E-state index contributed by atoms with van der Waals surface area (Å²) in [4.78, 5) is 2.04. The lowest BCUT2D eigenvalue weighted by molar-refractivity contribution is 0.475. The second kappa shape index (κ2) is 5.19. The monoisotopic (exact) mass is 262 g/mol. The van der Waals surface area contributed by atoms with Crippen molar-refractivity contribution >= 4 is 28.7 Å². The zero-order valence-corrected chi connectivity index (χ0v) is 11.1. The van der Waals surface area contributed by atoms with Crippen molar-refractivity contribution in [3.8, 4) is 5.75 Å². The molecular weight excluding hydrogens is 248 g/mol. The Bertz CT molecular complexity index is 538. The van der Waals surface area contributed by atoms with Crippen LogP contribution < -0.4 is 10.2 Å². The Balaban J connectivity index is 2.15. The van der Waals surface area contributed by atoms with Gasteiger partial charge in [0.25, 0.3) is 0 Å². The van der Waals surface area contributed by atoms with Crippen LogP contribution in [0.3, 0.4) is 0 Å². The van der Waals surface area contributed by atoms with Gasteiger partial charge in [-0.05, 0) is 42.5 Å². The highest BCUT2D eigenvalue weighted by atomic mass is 35.5. The van der Waals surface area contributed by atoms with Crippen molar-refractivity contribution in [1.82, 2.24) is 0 Å². The van der Waals surface area contributed by atoms with Gasteiger partial charge in [0, 0.05) is 31.2 Å². The number of anilines is 3. The van der Waals surface area contributed by atoms with Crippen LogP contribution in [-0.4, -0.2) is 19.2 Å². The van der Waals surface area contributed by atoms with E-state index in [0.717, 1.165) is 17.1 Å². The van der Waals surface area contributed by atoms with E-state index in [1.807, 2.05) is 43.3 Å². The summed E-state index contributed by atoms with van der Waals surface area (Å²) in [6.45, 7) is 0. The van der Waals surface area contributed by atoms with E-state index < -0.39 is 0 Å². The first-order valence-electron chi connectivity index (χ1n) is 5.59. The minimum absolute atomic E-state index is 0.0881. The molecule has 0 radical (unpaired) electrons. The highest BCUT2D eigenvalue weighted by Crippen LogP contribution is 2.28. The quantitative estimate of drug-likeness (QED) is 0.825. The number of hydrogen-bond acceptors (Lipinski definition) is 3. The zero-order chi connectivity index (χ0) is 13.1. The molecule has 0 aromatic heterocycles. The topological polar surface area (TPSA) is 35.5 Å². The molecule has 0 aliphatic rings. The van der Waals surface area contributed by atoms with Gasteiger partial charge < -0.3 is 15.3 Å². The van der Waals surface area contributed by atoms with Gasteiger partial charge in [0.05, 0.1) is 5.02 Å². The average molecular weight is 263 g/mol. The molecule has 0 amide bonds. The fourth-order valence-corrected chi connectivity index (χ4v) is 1.77. The van der Waals surface area contributed by atoms with E-state index >= 15 is 0 Å². The number of aromatic hydroxyl groups is 1. The molecule has 0 aliphatic carbocycles. The van der Waals surface area contributed by atoms with E-state index in [2.05, 4.69) is 5.32 Å². The van der Waals surface area contributed by atoms with E-state index in [1.165, 1.54) is 0 Å². The predicted octanol–water partition coefficient (Wildman–Crippen LogP) is 3.86. The summed E-state index contributed by atoms with van der Waals surface area (Å²) in [6.07, 6.45) is 0. The summed E-state index contributed by atoms with van der Waals surface area (Å²) in [5.74, 6) is 0.0881. The first kappa shape index (κ1) is 12.6. The smallest absolute Gasteiger partial charge is 0.134 e. The Morgan fingerprint density at radius 2 is 1.61 bits per heavy atom. The number of phenolic OH excluding ortho intramolecular Hbond substituents is 1. The number of nitrogens with zero attached hydrogens (tertiary/aromatic N) is 1. The molecule has 2 rings (SSSR count). The highest BCUT2D eigenvalue weighted by molar-refractivity contribution is 6.32. The van der Waals surface area contributed by atoms with Crippen molar-refractivity contribution in [1.29, 1.82) is 0 Å². The van der Waals surface area contributed by atoms with Crippen molar-refractivity contribution in [2.45, 2.75) is 0 Å². The number of benzene rings is 2. The van der Waals surface area contributed by atoms with Crippen LogP contribution >= 0.6 is 11.6 Å². The lowest BCUT2D eigenvalue weighted by atomic mass is 10.2. The Morgan fingerprint density at radius 1 is 1.00 bits per heavy atom. The van der Waals surface area contributed by atoms with E-state index in [1.54, 1.807) is 18.2 Å². The van der Waals surface area contributed by atoms with Gasteiger partial charge in [-0.2, -0.15) is 0 Å². The molecule has 0 spiro atoms. The molecule has 0 unspecified atom stereocenters. The highest BCUT2D eigenvalue weighted by Gasteiger charge is 2.01. The SMILES string of the molecule is CN(C)c1ccc(Nc2ccc(O)c(Cl)c2)cc1. The molecule has 3 nitrogen and oxygen atoms in total. The van der Waals surface area contributed by atoms with Crippen molar-refractivity contribution in [3.05, 3.63) is 47.5 Å². The molecule has 2 N–H and O–H groups in total. The fourth-order valence-electron chi connectivity index (χ4n) is 1.59. The molecule has 0 bridgehead atoms. The molecule has 4 heteroatoms. The summed E-state index contributed by atoms with van der Waals surface area (Å²) < 4.78 is 0. The number of halogens is 1. The van der Waals surface area contributed by atoms with Crippen LogP contribution in [0.25, 0.3) is 0 Å². The van der Waals surface area contributed by atoms with Crippen LogP contribution in [0.15, 0.2) is 42.5 Å². The molecule has 0 aliphatic heterocycles. The molecule has 94 valence electrons. The molecule has 0 heterocycles.